The summed E-state index contributed by atoms with van der Waals surface area (Å²) >= 11 is 1.60. The molecule has 0 atom stereocenters. The third kappa shape index (κ3) is 2.26. The van der Waals surface area contributed by atoms with Crippen LogP contribution < -0.4 is 5.14 Å². The molecular formula is C10H9NO2S2. The largest absolute Gasteiger partial charge is 0.238 e. The molecule has 2 N–H and O–H groups in total. The van der Waals surface area contributed by atoms with Gasteiger partial charge in [-0.1, -0.05) is 12.1 Å². The molecule has 0 aliphatic carbocycles. The van der Waals surface area contributed by atoms with E-state index >= 15 is 0 Å². The Labute approximate surface area is 92.2 Å². The fraction of sp³-hybridized carbons (Fsp3) is 0. The minimum Gasteiger partial charge on any atom is -0.225 e. The van der Waals surface area contributed by atoms with Crippen molar-refractivity contribution >= 4 is 21.4 Å². The van der Waals surface area contributed by atoms with Gasteiger partial charge in [-0.3, -0.25) is 0 Å². The van der Waals surface area contributed by atoms with E-state index in [4.69, 9.17) is 5.14 Å². The Bertz CT molecular complexity index is 542. The molecule has 0 amide bonds. The predicted molar refractivity (Wildman–Crippen MR) is 61.1 cm³/mol. The molecule has 0 saturated carbocycles. The molecular weight excluding hydrogens is 230 g/mol. The quantitative estimate of drug-likeness (QED) is 0.872. The molecule has 0 bridgehead atoms. The standard InChI is InChI=1S/C10H9NO2S2/c11-15(12,13)10-3-1-8(2-4-10)9-5-6-14-7-9/h1-7H,(H2,11,12,13). The second-order valence-electron chi connectivity index (χ2n) is 3.08. The molecule has 0 saturated heterocycles. The van der Waals surface area contributed by atoms with Crippen molar-refractivity contribution < 1.29 is 8.42 Å². The van der Waals surface area contributed by atoms with Crippen LogP contribution in [0.1, 0.15) is 0 Å². The molecule has 0 aliphatic heterocycles. The second-order valence-corrected chi connectivity index (χ2v) is 5.42. The van der Waals surface area contributed by atoms with Gasteiger partial charge in [0.25, 0.3) is 0 Å². The van der Waals surface area contributed by atoms with Gasteiger partial charge in [0.15, 0.2) is 0 Å². The first kappa shape index (κ1) is 10.4. The minimum atomic E-state index is -3.59. The van der Waals surface area contributed by atoms with Gasteiger partial charge >= 0.3 is 0 Å². The van der Waals surface area contributed by atoms with Gasteiger partial charge in [-0.25, -0.2) is 13.6 Å². The van der Waals surface area contributed by atoms with E-state index in [1.165, 1.54) is 12.1 Å². The Balaban J connectivity index is 2.42. The maximum absolute atomic E-state index is 11.0. The van der Waals surface area contributed by atoms with E-state index in [0.717, 1.165) is 11.1 Å². The molecule has 1 heterocycles. The fourth-order valence-corrected chi connectivity index (χ4v) is 2.45. The van der Waals surface area contributed by atoms with Crippen molar-refractivity contribution in [3.05, 3.63) is 41.1 Å². The molecule has 78 valence electrons. The second kappa shape index (κ2) is 3.77. The lowest BCUT2D eigenvalue weighted by molar-refractivity contribution is 0.598. The highest BCUT2D eigenvalue weighted by Gasteiger charge is 2.07. The van der Waals surface area contributed by atoms with Gasteiger partial charge in [0.1, 0.15) is 0 Å². The number of sulfonamides is 1. The van der Waals surface area contributed by atoms with Gasteiger partial charge in [-0.05, 0) is 40.1 Å². The first-order chi connectivity index (χ1) is 7.07. The molecule has 0 radical (unpaired) electrons. The maximum Gasteiger partial charge on any atom is 0.238 e. The highest BCUT2D eigenvalue weighted by molar-refractivity contribution is 7.89. The van der Waals surface area contributed by atoms with E-state index in [1.54, 1.807) is 23.5 Å². The molecule has 0 aliphatic rings. The number of hydrogen-bond acceptors (Lipinski definition) is 3. The number of thiophene rings is 1. The minimum absolute atomic E-state index is 0.140. The van der Waals surface area contributed by atoms with Crippen molar-refractivity contribution in [3.63, 3.8) is 0 Å². The first-order valence-electron chi connectivity index (χ1n) is 4.23. The zero-order valence-corrected chi connectivity index (χ0v) is 9.38. The molecule has 0 unspecified atom stereocenters. The molecule has 5 heteroatoms. The van der Waals surface area contributed by atoms with Crippen LogP contribution in [0.4, 0.5) is 0 Å². The summed E-state index contributed by atoms with van der Waals surface area (Å²) in [6, 6.07) is 8.52. The van der Waals surface area contributed by atoms with Gasteiger partial charge in [-0.2, -0.15) is 11.3 Å². The summed E-state index contributed by atoms with van der Waals surface area (Å²) in [5.41, 5.74) is 2.07. The van der Waals surface area contributed by atoms with Gasteiger partial charge in [0.2, 0.25) is 10.0 Å². The van der Waals surface area contributed by atoms with Crippen LogP contribution in [0, 0.1) is 0 Å². The molecule has 2 rings (SSSR count). The number of benzene rings is 1. The summed E-state index contributed by atoms with van der Waals surface area (Å²) in [6.07, 6.45) is 0. The van der Waals surface area contributed by atoms with E-state index in [1.807, 2.05) is 16.8 Å². The Morgan fingerprint density at radius 1 is 1.00 bits per heavy atom. The molecule has 1 aromatic heterocycles. The van der Waals surface area contributed by atoms with Crippen LogP contribution in [0.15, 0.2) is 46.0 Å². The molecule has 0 spiro atoms. The lowest BCUT2D eigenvalue weighted by Crippen LogP contribution is -2.11. The van der Waals surface area contributed by atoms with Crippen LogP contribution in [0.3, 0.4) is 0 Å². The van der Waals surface area contributed by atoms with Crippen molar-refractivity contribution in [3.8, 4) is 11.1 Å². The zero-order valence-electron chi connectivity index (χ0n) is 7.75. The Kier molecular flexibility index (Phi) is 2.60. The number of rotatable bonds is 2. The highest BCUT2D eigenvalue weighted by Crippen LogP contribution is 2.22. The summed E-state index contributed by atoms with van der Waals surface area (Å²) in [6.45, 7) is 0. The Morgan fingerprint density at radius 2 is 1.67 bits per heavy atom. The number of hydrogen-bond donors (Lipinski definition) is 1. The molecule has 1 aromatic carbocycles. The first-order valence-corrected chi connectivity index (χ1v) is 6.72. The summed E-state index contributed by atoms with van der Waals surface area (Å²) in [5.74, 6) is 0. The smallest absolute Gasteiger partial charge is 0.225 e. The molecule has 3 nitrogen and oxygen atoms in total. The van der Waals surface area contributed by atoms with Crippen molar-refractivity contribution in [2.75, 3.05) is 0 Å². The summed E-state index contributed by atoms with van der Waals surface area (Å²) < 4.78 is 22.0. The average Bonchev–Trinajstić information content (AvgIpc) is 2.69. The Hall–Kier alpha value is -1.17. The van der Waals surface area contributed by atoms with E-state index < -0.39 is 10.0 Å². The molecule has 15 heavy (non-hydrogen) atoms. The van der Waals surface area contributed by atoms with Crippen LogP contribution in [0.5, 0.6) is 0 Å². The average molecular weight is 239 g/mol. The monoisotopic (exact) mass is 239 g/mol. The number of primary sulfonamides is 1. The van der Waals surface area contributed by atoms with Crippen LogP contribution in [0.25, 0.3) is 11.1 Å². The highest BCUT2D eigenvalue weighted by atomic mass is 32.2. The fourth-order valence-electron chi connectivity index (χ4n) is 1.27. The van der Waals surface area contributed by atoms with E-state index in [2.05, 4.69) is 0 Å². The van der Waals surface area contributed by atoms with Crippen molar-refractivity contribution in [2.45, 2.75) is 4.90 Å². The van der Waals surface area contributed by atoms with Gasteiger partial charge < -0.3 is 0 Å². The van der Waals surface area contributed by atoms with Crippen molar-refractivity contribution in [1.29, 1.82) is 0 Å². The van der Waals surface area contributed by atoms with Crippen molar-refractivity contribution in [1.82, 2.24) is 0 Å². The summed E-state index contributed by atoms with van der Waals surface area (Å²) in [4.78, 5) is 0.140. The lowest BCUT2D eigenvalue weighted by atomic mass is 10.1. The van der Waals surface area contributed by atoms with Gasteiger partial charge in [0.05, 0.1) is 4.90 Å². The summed E-state index contributed by atoms with van der Waals surface area (Å²) in [7, 11) is -3.59. The predicted octanol–water partition coefficient (Wildman–Crippen LogP) is 2.06. The van der Waals surface area contributed by atoms with Crippen LogP contribution in [0.2, 0.25) is 0 Å². The van der Waals surface area contributed by atoms with Crippen molar-refractivity contribution in [2.24, 2.45) is 5.14 Å². The van der Waals surface area contributed by atoms with Gasteiger partial charge in [0, 0.05) is 0 Å². The topological polar surface area (TPSA) is 60.2 Å². The third-order valence-electron chi connectivity index (χ3n) is 2.04. The Morgan fingerprint density at radius 3 is 2.13 bits per heavy atom. The van der Waals surface area contributed by atoms with E-state index in [-0.39, 0.29) is 4.90 Å². The van der Waals surface area contributed by atoms with Crippen LogP contribution >= 0.6 is 11.3 Å². The van der Waals surface area contributed by atoms with Crippen LogP contribution in [-0.2, 0) is 10.0 Å². The zero-order chi connectivity index (χ0) is 10.9. The van der Waals surface area contributed by atoms with Gasteiger partial charge in [-0.15, -0.1) is 0 Å². The normalized spacial score (nSPS) is 11.5. The SMILES string of the molecule is NS(=O)(=O)c1ccc(-c2ccsc2)cc1. The van der Waals surface area contributed by atoms with E-state index in [9.17, 15) is 8.42 Å². The molecule has 2 aromatic rings. The molecule has 0 fully saturated rings. The maximum atomic E-state index is 11.0. The summed E-state index contributed by atoms with van der Waals surface area (Å²) in [5, 5.41) is 8.98. The number of nitrogens with two attached hydrogens (primary N) is 1. The third-order valence-corrected chi connectivity index (χ3v) is 3.65. The van der Waals surface area contributed by atoms with Crippen LogP contribution in [-0.4, -0.2) is 8.42 Å². The lowest BCUT2D eigenvalue weighted by Gasteiger charge is -2.00. The van der Waals surface area contributed by atoms with E-state index in [0.29, 0.717) is 0 Å².